The largest absolute Gasteiger partial charge is 0.394 e. The number of aliphatic hydroxyl groups is 2. The summed E-state index contributed by atoms with van der Waals surface area (Å²) in [4.78, 5) is 12.5. The standard InChI is InChI=1S/C59H105NO3/c1-3-5-7-9-11-13-15-17-19-21-23-25-27-28-29-30-31-32-33-35-37-39-41-43-45-47-49-51-53-55-59(63)60-57(56-61)58(62)54-52-50-48-46-44-42-40-38-36-34-26-24-22-20-18-16-14-12-10-8-6-4-2/h5,7,11,13,17,19,23,25,36,38,44,46,52,54,57-58,61-62H,3-4,6,8-10,12,14-16,18,20-22,24,26-35,37,39-43,45,47-51,53,55-56H2,1-2H3,(H,60,63)/b7-5-,13-11-,19-17-,25-23-,38-36+,46-44+,54-52+. The van der Waals surface area contributed by atoms with E-state index in [0.29, 0.717) is 6.42 Å². The second-order valence-corrected chi connectivity index (χ2v) is 18.2. The van der Waals surface area contributed by atoms with E-state index in [1.807, 2.05) is 6.08 Å². The van der Waals surface area contributed by atoms with Crippen LogP contribution in [0.3, 0.4) is 0 Å². The summed E-state index contributed by atoms with van der Waals surface area (Å²) in [6.07, 6.45) is 78.8. The van der Waals surface area contributed by atoms with E-state index in [1.165, 1.54) is 180 Å². The first-order valence-electron chi connectivity index (χ1n) is 27.3. The molecule has 0 aliphatic heterocycles. The summed E-state index contributed by atoms with van der Waals surface area (Å²) >= 11 is 0. The fourth-order valence-electron chi connectivity index (χ4n) is 7.97. The van der Waals surface area contributed by atoms with Gasteiger partial charge < -0.3 is 15.5 Å². The molecule has 0 saturated carbocycles. The summed E-state index contributed by atoms with van der Waals surface area (Å²) in [5, 5.41) is 23.1. The predicted octanol–water partition coefficient (Wildman–Crippen LogP) is 18.0. The number of unbranched alkanes of at least 4 members (excludes halogenated alkanes) is 30. The fourth-order valence-corrected chi connectivity index (χ4v) is 7.97. The zero-order valence-corrected chi connectivity index (χ0v) is 41.8. The first kappa shape index (κ1) is 60.6. The van der Waals surface area contributed by atoms with E-state index in [9.17, 15) is 15.0 Å². The van der Waals surface area contributed by atoms with Gasteiger partial charge in [-0.1, -0.05) is 259 Å². The van der Waals surface area contributed by atoms with Crippen LogP contribution >= 0.6 is 0 Å². The zero-order chi connectivity index (χ0) is 45.6. The summed E-state index contributed by atoms with van der Waals surface area (Å²) < 4.78 is 0. The number of amides is 1. The van der Waals surface area contributed by atoms with Crippen molar-refractivity contribution in [2.75, 3.05) is 6.61 Å². The number of rotatable bonds is 49. The van der Waals surface area contributed by atoms with Crippen LogP contribution in [0.25, 0.3) is 0 Å². The van der Waals surface area contributed by atoms with E-state index < -0.39 is 12.1 Å². The van der Waals surface area contributed by atoms with Gasteiger partial charge in [-0.3, -0.25) is 4.79 Å². The smallest absolute Gasteiger partial charge is 0.220 e. The van der Waals surface area contributed by atoms with Crippen LogP contribution in [-0.2, 0) is 4.79 Å². The number of allylic oxidation sites excluding steroid dienone is 13. The molecular formula is C59H105NO3. The van der Waals surface area contributed by atoms with Crippen molar-refractivity contribution in [1.29, 1.82) is 0 Å². The summed E-state index contributed by atoms with van der Waals surface area (Å²) in [5.74, 6) is -0.0784. The molecule has 0 saturated heterocycles. The molecule has 0 aromatic carbocycles. The summed E-state index contributed by atoms with van der Waals surface area (Å²) in [7, 11) is 0. The Morgan fingerprint density at radius 1 is 0.397 bits per heavy atom. The Kier molecular flexibility index (Phi) is 51.8. The lowest BCUT2D eigenvalue weighted by Crippen LogP contribution is -2.45. The number of hydrogen-bond acceptors (Lipinski definition) is 3. The molecule has 0 aliphatic rings. The van der Waals surface area contributed by atoms with Crippen molar-refractivity contribution in [3.8, 4) is 0 Å². The molecule has 0 radical (unpaired) electrons. The van der Waals surface area contributed by atoms with E-state index in [1.54, 1.807) is 6.08 Å². The van der Waals surface area contributed by atoms with E-state index in [2.05, 4.69) is 92.1 Å². The lowest BCUT2D eigenvalue weighted by molar-refractivity contribution is -0.123. The lowest BCUT2D eigenvalue weighted by Gasteiger charge is -2.19. The maximum atomic E-state index is 12.5. The molecule has 0 aromatic rings. The van der Waals surface area contributed by atoms with Crippen molar-refractivity contribution in [3.05, 3.63) is 85.1 Å². The summed E-state index contributed by atoms with van der Waals surface area (Å²) in [5.41, 5.74) is 0. The molecular weight excluding hydrogens is 771 g/mol. The first-order valence-corrected chi connectivity index (χ1v) is 27.3. The highest BCUT2D eigenvalue weighted by molar-refractivity contribution is 5.76. The quantitative estimate of drug-likeness (QED) is 0.0421. The Morgan fingerprint density at radius 2 is 0.714 bits per heavy atom. The van der Waals surface area contributed by atoms with Gasteiger partial charge in [0, 0.05) is 6.42 Å². The van der Waals surface area contributed by atoms with Crippen molar-refractivity contribution in [1.82, 2.24) is 5.32 Å². The Morgan fingerprint density at radius 3 is 1.11 bits per heavy atom. The van der Waals surface area contributed by atoms with Crippen LogP contribution in [0, 0.1) is 0 Å². The highest BCUT2D eigenvalue weighted by atomic mass is 16.3. The molecule has 364 valence electrons. The third-order valence-electron chi connectivity index (χ3n) is 12.1. The molecule has 63 heavy (non-hydrogen) atoms. The van der Waals surface area contributed by atoms with E-state index in [-0.39, 0.29) is 12.5 Å². The van der Waals surface area contributed by atoms with Gasteiger partial charge in [0.1, 0.15) is 0 Å². The molecule has 2 unspecified atom stereocenters. The molecule has 0 heterocycles. The fraction of sp³-hybridized carbons (Fsp3) is 0.746. The number of nitrogens with one attached hydrogen (secondary N) is 1. The second kappa shape index (κ2) is 53.9. The second-order valence-electron chi connectivity index (χ2n) is 18.2. The third kappa shape index (κ3) is 50.4. The normalized spacial score (nSPS) is 13.5. The van der Waals surface area contributed by atoms with Gasteiger partial charge in [0.25, 0.3) is 0 Å². The molecule has 2 atom stereocenters. The van der Waals surface area contributed by atoms with Crippen LogP contribution < -0.4 is 5.32 Å². The molecule has 0 fully saturated rings. The molecule has 0 aromatic heterocycles. The van der Waals surface area contributed by atoms with Crippen LogP contribution in [0.2, 0.25) is 0 Å². The average Bonchev–Trinajstić information content (AvgIpc) is 3.29. The Hall–Kier alpha value is -2.43. The molecule has 4 nitrogen and oxygen atoms in total. The average molecular weight is 876 g/mol. The van der Waals surface area contributed by atoms with Gasteiger partial charge in [0.15, 0.2) is 0 Å². The minimum Gasteiger partial charge on any atom is -0.394 e. The van der Waals surface area contributed by atoms with Crippen molar-refractivity contribution < 1.29 is 15.0 Å². The van der Waals surface area contributed by atoms with Crippen molar-refractivity contribution in [3.63, 3.8) is 0 Å². The van der Waals surface area contributed by atoms with Gasteiger partial charge >= 0.3 is 0 Å². The van der Waals surface area contributed by atoms with E-state index in [0.717, 1.165) is 64.2 Å². The van der Waals surface area contributed by atoms with Gasteiger partial charge in [-0.2, -0.15) is 0 Å². The van der Waals surface area contributed by atoms with Gasteiger partial charge in [0.05, 0.1) is 18.8 Å². The Balaban J connectivity index is 3.57. The van der Waals surface area contributed by atoms with Crippen LogP contribution in [0.4, 0.5) is 0 Å². The van der Waals surface area contributed by atoms with Gasteiger partial charge in [-0.25, -0.2) is 0 Å². The van der Waals surface area contributed by atoms with Crippen molar-refractivity contribution in [2.24, 2.45) is 0 Å². The summed E-state index contributed by atoms with van der Waals surface area (Å²) in [6.45, 7) is 4.19. The number of carbonyl (C=O) groups excluding carboxylic acids is 1. The van der Waals surface area contributed by atoms with Crippen LogP contribution in [0.15, 0.2) is 85.1 Å². The molecule has 0 bridgehead atoms. The van der Waals surface area contributed by atoms with E-state index in [4.69, 9.17) is 0 Å². The van der Waals surface area contributed by atoms with Crippen LogP contribution in [0.5, 0.6) is 0 Å². The van der Waals surface area contributed by atoms with Crippen LogP contribution in [-0.4, -0.2) is 34.9 Å². The first-order chi connectivity index (χ1) is 31.2. The third-order valence-corrected chi connectivity index (χ3v) is 12.1. The molecule has 4 heteroatoms. The van der Waals surface area contributed by atoms with Gasteiger partial charge in [-0.15, -0.1) is 0 Å². The minimum atomic E-state index is -0.874. The molecule has 0 aliphatic carbocycles. The SMILES string of the molecule is CC/C=C\C/C=C\C/C=C\C/C=C\CCCCCCCCCCCCCCCCCCC(=O)NC(CO)C(O)/C=C/CC/C=C/CC/C=C/CCCCCCCCCCCCCC. The highest BCUT2D eigenvalue weighted by Gasteiger charge is 2.17. The number of hydrogen-bond donors (Lipinski definition) is 3. The predicted molar refractivity (Wildman–Crippen MR) is 280 cm³/mol. The molecule has 0 spiro atoms. The summed E-state index contributed by atoms with van der Waals surface area (Å²) in [6, 6.07) is -0.650. The van der Waals surface area contributed by atoms with Crippen molar-refractivity contribution >= 4 is 5.91 Å². The molecule has 1 amide bonds. The number of aliphatic hydroxyl groups excluding tert-OH is 2. The maximum absolute atomic E-state index is 12.5. The lowest BCUT2D eigenvalue weighted by atomic mass is 10.0. The minimum absolute atomic E-state index is 0.0784. The molecule has 0 rings (SSSR count). The monoisotopic (exact) mass is 876 g/mol. The van der Waals surface area contributed by atoms with E-state index >= 15 is 0 Å². The number of carbonyl (C=O) groups is 1. The zero-order valence-electron chi connectivity index (χ0n) is 41.8. The van der Waals surface area contributed by atoms with Gasteiger partial charge in [-0.05, 0) is 83.5 Å². The highest BCUT2D eigenvalue weighted by Crippen LogP contribution is 2.16. The Labute approximate surface area is 392 Å². The van der Waals surface area contributed by atoms with Crippen LogP contribution in [0.1, 0.15) is 264 Å². The van der Waals surface area contributed by atoms with Crippen molar-refractivity contribution in [2.45, 2.75) is 276 Å². The van der Waals surface area contributed by atoms with Gasteiger partial charge in [0.2, 0.25) is 5.91 Å². The molecule has 3 N–H and O–H groups in total. The Bertz CT molecular complexity index is 1130. The maximum Gasteiger partial charge on any atom is 0.220 e. The topological polar surface area (TPSA) is 69.6 Å².